The van der Waals surface area contributed by atoms with Crippen LogP contribution in [0.1, 0.15) is 79.4 Å². The number of ether oxygens (including phenoxy) is 16. The summed E-state index contributed by atoms with van der Waals surface area (Å²) in [5, 5.41) is 11.8. The molecule has 8 aromatic heterocycles. The SMILES string of the molecule is CC[C@H]1O[C@@H](n2cc(C)c(N)nc2=O)C[C@H]1OP(O)(=S)OC[C@H]1O[C@@H](n2cnc3c(N)ncnc32)C(OCCOC)[C@H]1OP(=O)(O)OC[C@H]1O[C@@H](n2cnc3c(=O)[nH]c(N)nc32)C(OCCOC)[C@H]1OP(=O)(O)OC[C@H]1O[C@@H](n2cc(C)c(N)nc2=O)C(OCCOC)[C@H]1OP(O)(=S)OC[C@H]1O[C@@H](n2cc(C)c(N)nc2=O)C(OCCOC)[C@H]1OP(O)(=S)OC[C@H]1O[C@@H](n2cc(C)c(=O)[nH]c2=O)C(OCCOC)[C@H]1O. The first-order valence-corrected chi connectivity index (χ1v) is 55.1. The summed E-state index contributed by atoms with van der Waals surface area (Å²) in [7, 11) is -5.04. The molecule has 14 rings (SSSR count). The van der Waals surface area contributed by atoms with Crippen molar-refractivity contribution in [1.29, 1.82) is 0 Å². The van der Waals surface area contributed by atoms with Crippen molar-refractivity contribution in [2.45, 2.75) is 189 Å². The number of aliphatic hydroxyl groups excluding tert-OH is 1. The molecule has 6 fully saturated rings. The number of phosphoric ester groups is 2. The monoisotopic (exact) mass is 2210 g/mol. The summed E-state index contributed by atoms with van der Waals surface area (Å²) >= 11 is 17.1. The summed E-state index contributed by atoms with van der Waals surface area (Å²) in [6, 6.07) is 0. The van der Waals surface area contributed by atoms with Gasteiger partial charge in [-0.2, -0.15) is 19.9 Å². The molecular formula is C76H112N21O40P5S3. The first-order valence-electron chi connectivity index (χ1n) is 44.3. The van der Waals surface area contributed by atoms with Gasteiger partial charge in [-0.15, -0.1) is 0 Å². The highest BCUT2D eigenvalue weighted by Gasteiger charge is 2.59. The van der Waals surface area contributed by atoms with Gasteiger partial charge >= 0.3 is 58.6 Å². The topological polar surface area (TPSA) is 792 Å². The average Bonchev–Trinajstić information content (AvgIpc) is 1.53. The van der Waals surface area contributed by atoms with E-state index in [0.29, 0.717) is 5.56 Å². The summed E-state index contributed by atoms with van der Waals surface area (Å²) < 4.78 is 194. The number of aryl methyl sites for hydroxylation is 4. The van der Waals surface area contributed by atoms with Crippen molar-refractivity contribution in [2.75, 3.05) is 163 Å². The molecule has 10 unspecified atom stereocenters. The molecule has 6 saturated heterocycles. The average molecular weight is 2210 g/mol. The smallest absolute Gasteiger partial charge is 0.387 e. The Morgan fingerprint density at radius 2 is 0.759 bits per heavy atom. The zero-order chi connectivity index (χ0) is 105. The number of fused-ring (bicyclic) bond motifs is 2. The highest BCUT2D eigenvalue weighted by molar-refractivity contribution is 8.07. The fourth-order valence-electron chi connectivity index (χ4n) is 16.5. The predicted molar refractivity (Wildman–Crippen MR) is 507 cm³/mol. The Hall–Kier alpha value is -7.65. The van der Waals surface area contributed by atoms with Crippen LogP contribution in [-0.4, -0.2) is 345 Å². The van der Waals surface area contributed by atoms with Crippen molar-refractivity contribution in [3.05, 3.63) is 129 Å². The Morgan fingerprint density at radius 3 is 1.20 bits per heavy atom. The molecule has 8 aromatic rings. The molecule has 0 spiro atoms. The van der Waals surface area contributed by atoms with Crippen LogP contribution >= 0.6 is 35.8 Å². The highest BCUT2D eigenvalue weighted by atomic mass is 32.5. The normalized spacial score (nSPS) is 29.2. The van der Waals surface area contributed by atoms with Crippen LogP contribution in [0.15, 0.2) is 72.5 Å². The maximum absolute atomic E-state index is 15.5. The number of rotatable bonds is 52. The molecule has 804 valence electrons. The first-order chi connectivity index (χ1) is 68.9. The lowest BCUT2D eigenvalue weighted by atomic mass is 10.1. The number of nitrogens with zero attached hydrogens (tertiary/aromatic N) is 14. The molecule has 69 heteroatoms. The maximum Gasteiger partial charge on any atom is 0.472 e. The van der Waals surface area contributed by atoms with Crippen LogP contribution in [0.3, 0.4) is 0 Å². The van der Waals surface area contributed by atoms with E-state index in [1.54, 1.807) is 13.8 Å². The van der Waals surface area contributed by atoms with Gasteiger partial charge in [0.25, 0.3) is 11.1 Å². The van der Waals surface area contributed by atoms with E-state index in [2.05, 4.69) is 49.8 Å². The molecule has 0 bridgehead atoms. The fourth-order valence-corrected chi connectivity index (χ4v) is 22.7. The minimum absolute atomic E-state index is 0.00295. The summed E-state index contributed by atoms with van der Waals surface area (Å²) in [5.41, 5.74) is 25.6. The zero-order valence-electron chi connectivity index (χ0n) is 79.0. The van der Waals surface area contributed by atoms with E-state index in [0.717, 1.165) is 30.9 Å². The summed E-state index contributed by atoms with van der Waals surface area (Å²) in [6.45, 7) is -13.8. The number of hydrogen-bond donors (Lipinski definition) is 13. The molecule has 0 aliphatic carbocycles. The minimum atomic E-state index is -5.95. The highest BCUT2D eigenvalue weighted by Crippen LogP contribution is 2.58. The van der Waals surface area contributed by atoms with Gasteiger partial charge in [-0.1, -0.05) is 6.92 Å². The molecule has 14 heterocycles. The molecule has 0 amide bonds. The van der Waals surface area contributed by atoms with Gasteiger partial charge in [0.2, 0.25) is 5.95 Å². The van der Waals surface area contributed by atoms with E-state index < -0.39 is 256 Å². The van der Waals surface area contributed by atoms with Crippen molar-refractivity contribution in [2.24, 2.45) is 0 Å². The number of aromatic amines is 2. The number of aromatic nitrogens is 16. The molecule has 6 aliphatic heterocycles. The number of nitrogens with one attached hydrogen (secondary N) is 2. The van der Waals surface area contributed by atoms with Gasteiger partial charge in [-0.3, -0.25) is 74.1 Å². The van der Waals surface area contributed by atoms with Crippen LogP contribution in [0.4, 0.5) is 29.2 Å². The van der Waals surface area contributed by atoms with Crippen LogP contribution in [0.25, 0.3) is 22.3 Å². The van der Waals surface area contributed by atoms with Gasteiger partial charge in [0.1, 0.15) is 127 Å². The quantitative estimate of drug-likeness (QED) is 0.0145. The second-order valence-electron chi connectivity index (χ2n) is 33.3. The number of aliphatic hydroxyl groups is 1. The Labute approximate surface area is 836 Å². The van der Waals surface area contributed by atoms with Gasteiger partial charge in [-0.05, 0) is 69.5 Å². The molecule has 0 radical (unpaired) electrons. The molecular weight excluding hydrogens is 2100 g/mol. The number of anilines is 5. The van der Waals surface area contributed by atoms with Crippen molar-refractivity contribution < 1.29 is 160 Å². The first kappa shape index (κ1) is 113. The minimum Gasteiger partial charge on any atom is -0.387 e. The maximum atomic E-state index is 15.5. The van der Waals surface area contributed by atoms with Crippen molar-refractivity contribution >= 4 is 123 Å². The number of hydrogen-bond acceptors (Lipinski definition) is 51. The molecule has 145 heavy (non-hydrogen) atoms. The van der Waals surface area contributed by atoms with Crippen molar-refractivity contribution in [1.82, 2.24) is 77.2 Å². The Kier molecular flexibility index (Phi) is 38.0. The third-order valence-corrected chi connectivity index (χ3v) is 30.2. The third-order valence-electron chi connectivity index (χ3n) is 23.5. The standard InChI is InChI=1S/C76H112N21O40P5S3/c1-11-39-40(22-46(127-39)92-23-35(2)59(77)86-73(92)101)133-140(109,143)125-30-44-51(55(118-18-13-113-7)70(132-44)96-33-84-47-62(80)82-32-83-63(47)96)135-138(105,106)122-28-42-50(56(119-19-14-114-8)71(131-42)97-34-85-48-64(97)89-72(81)90-66(48)100)134-139(107,108)123-29-43-52(57(120-20-15-115-9)68(129-43)93-24-36(3)60(78)87-74(93)102)136-142(111,145)126-31-45-53(58(121-21-16-116-10)69(130-45)94-25-37(4)61(79)88-75(94)103)137-141(110,144)124-27-41-49(98)54(117-17-12-112-6)67(128-41)95-26-38(5)65(99)91-76(95)104/h23-26,32-34,39-46,49-58,67-71,98H,11-22,27-31H2,1-10H3,(H,105,106)(H,107,108)(H,109,143)(H,110,144)(H,111,145)(H2,77,86,101)(H2,78,87,102)(H2,79,88,103)(H2,80,82,83)(H,91,99,104)(H3,81,89,90,100)/t39-,40-,41-,42-,43-,44-,45-,46-,49+,50+,51+,52+,53+,54?,55?,56?,57?,58?,67-,68-,69-,70-,71-,140?,141?,142?/m1/s1. The van der Waals surface area contributed by atoms with Crippen LogP contribution < -0.4 is 62.5 Å². The number of imidazole rings is 2. The molecule has 6 aliphatic rings. The van der Waals surface area contributed by atoms with E-state index in [1.807, 2.05) is 0 Å². The largest absolute Gasteiger partial charge is 0.472 e. The van der Waals surface area contributed by atoms with E-state index in [-0.39, 0.29) is 135 Å². The summed E-state index contributed by atoms with van der Waals surface area (Å²) in [4.78, 5) is 180. The Balaban J connectivity index is 0.762. The number of phosphoric acid groups is 2. The molecule has 0 saturated carbocycles. The van der Waals surface area contributed by atoms with E-state index in [4.69, 9.17) is 185 Å². The number of methoxy groups -OCH3 is 5. The fraction of sp³-hybridized carbons (Fsp3) is 0.658. The van der Waals surface area contributed by atoms with Gasteiger partial charge < -0.3 is 152 Å². The predicted octanol–water partition coefficient (Wildman–Crippen LogP) is -2.01. The van der Waals surface area contributed by atoms with Crippen LogP contribution in [0.2, 0.25) is 0 Å². The molecule has 61 nitrogen and oxygen atoms in total. The van der Waals surface area contributed by atoms with Crippen molar-refractivity contribution in [3.8, 4) is 0 Å². The Morgan fingerprint density at radius 1 is 0.393 bits per heavy atom. The van der Waals surface area contributed by atoms with Gasteiger partial charge in [0.15, 0.2) is 53.8 Å². The lowest BCUT2D eigenvalue weighted by Crippen LogP contribution is -2.41. The van der Waals surface area contributed by atoms with E-state index >= 15 is 9.13 Å². The van der Waals surface area contributed by atoms with Crippen LogP contribution in [0, 0.1) is 27.7 Å². The lowest BCUT2D eigenvalue weighted by Gasteiger charge is -2.30. The Bertz CT molecular complexity index is 6500. The van der Waals surface area contributed by atoms with E-state index in [9.17, 15) is 58.3 Å². The summed E-state index contributed by atoms with van der Waals surface area (Å²) in [5.74, 6) is -0.920. The molecule has 28 atom stereocenters. The van der Waals surface area contributed by atoms with Crippen LogP contribution in [-0.2, 0) is 166 Å². The second-order valence-corrected chi connectivity index (χ2v) is 44.5. The number of H-pyrrole nitrogens is 2. The van der Waals surface area contributed by atoms with Gasteiger partial charge in [0, 0.05) is 89.0 Å². The third kappa shape index (κ3) is 26.9. The zero-order valence-corrected chi connectivity index (χ0v) is 85.9. The van der Waals surface area contributed by atoms with Crippen LogP contribution in [0.5, 0.6) is 0 Å². The molecule has 0 aromatic carbocycles. The summed E-state index contributed by atoms with van der Waals surface area (Å²) in [6.07, 6.45) is -28.2. The number of nitrogen functional groups attached to an aromatic ring is 5. The van der Waals surface area contributed by atoms with E-state index in [1.165, 1.54) is 96.6 Å². The second kappa shape index (κ2) is 48.8. The lowest BCUT2D eigenvalue weighted by molar-refractivity contribution is -0.0843. The number of nitrogens with two attached hydrogens (primary N) is 5. The van der Waals surface area contributed by atoms with Gasteiger partial charge in [-0.25, -0.2) is 48.2 Å². The van der Waals surface area contributed by atoms with Gasteiger partial charge in [0.05, 0.1) is 124 Å². The molecule has 18 N–H and O–H groups in total. The van der Waals surface area contributed by atoms with Crippen molar-refractivity contribution in [3.63, 3.8) is 0 Å².